The molecular formula is C20H21FN4O2S. The van der Waals surface area contributed by atoms with Crippen LogP contribution in [0.1, 0.15) is 29.9 Å². The maximum absolute atomic E-state index is 13.3. The van der Waals surface area contributed by atoms with Gasteiger partial charge in [-0.25, -0.2) is 14.1 Å². The van der Waals surface area contributed by atoms with Gasteiger partial charge in [0.05, 0.1) is 10.6 Å². The number of hydrogen-bond donors (Lipinski definition) is 1. The van der Waals surface area contributed by atoms with Crippen molar-refractivity contribution in [2.24, 2.45) is 5.92 Å². The zero-order chi connectivity index (χ0) is 19.3. The fourth-order valence-electron chi connectivity index (χ4n) is 2.73. The molecule has 1 aliphatic carbocycles. The van der Waals surface area contributed by atoms with Crippen LogP contribution in [0.5, 0.6) is 0 Å². The topological polar surface area (TPSA) is 69.0 Å². The molecule has 1 fully saturated rings. The summed E-state index contributed by atoms with van der Waals surface area (Å²) < 4.78 is 20.4. The van der Waals surface area contributed by atoms with Crippen molar-refractivity contribution in [1.82, 2.24) is 20.1 Å². The quantitative estimate of drug-likeness (QED) is 0.557. The molecule has 0 bridgehead atoms. The van der Waals surface area contributed by atoms with Gasteiger partial charge in [-0.2, -0.15) is 0 Å². The lowest BCUT2D eigenvalue weighted by atomic mass is 10.3. The second-order valence-electron chi connectivity index (χ2n) is 6.75. The lowest BCUT2D eigenvalue weighted by molar-refractivity contribution is 0.0927. The fraction of sp³-hybridized carbons (Fsp3) is 0.350. The van der Waals surface area contributed by atoms with Crippen LogP contribution in [-0.4, -0.2) is 40.4 Å². The number of halogens is 1. The molecule has 6 nitrogen and oxygen atoms in total. The molecule has 1 aromatic carbocycles. The summed E-state index contributed by atoms with van der Waals surface area (Å²) in [6, 6.07) is 9.76. The van der Waals surface area contributed by atoms with Gasteiger partial charge in [0, 0.05) is 19.8 Å². The summed E-state index contributed by atoms with van der Waals surface area (Å²) in [5.41, 5.74) is 0.643. The smallest absolute Gasteiger partial charge is 0.290 e. The zero-order valence-corrected chi connectivity index (χ0v) is 16.1. The molecule has 1 saturated carbocycles. The van der Waals surface area contributed by atoms with Crippen LogP contribution in [0.2, 0.25) is 0 Å². The molecule has 4 rings (SSSR count). The molecule has 2 aromatic heterocycles. The van der Waals surface area contributed by atoms with E-state index in [1.54, 1.807) is 16.8 Å². The number of nitrogens with zero attached hydrogens (tertiary/aromatic N) is 3. The van der Waals surface area contributed by atoms with Gasteiger partial charge in [-0.1, -0.05) is 6.07 Å². The fourth-order valence-corrected chi connectivity index (χ4v) is 3.42. The van der Waals surface area contributed by atoms with E-state index < -0.39 is 0 Å². The Morgan fingerprint density at radius 1 is 1.29 bits per heavy atom. The molecule has 2 heterocycles. The number of thiophene rings is 1. The van der Waals surface area contributed by atoms with Gasteiger partial charge >= 0.3 is 0 Å². The van der Waals surface area contributed by atoms with E-state index in [0.717, 1.165) is 23.8 Å². The Morgan fingerprint density at radius 3 is 2.82 bits per heavy atom. The summed E-state index contributed by atoms with van der Waals surface area (Å²) in [6.45, 7) is 1.96. The molecule has 0 aliphatic heterocycles. The summed E-state index contributed by atoms with van der Waals surface area (Å²) in [6.07, 6.45) is 3.28. The van der Waals surface area contributed by atoms with E-state index in [9.17, 15) is 9.18 Å². The van der Waals surface area contributed by atoms with E-state index in [-0.39, 0.29) is 17.5 Å². The number of aromatic nitrogens is 3. The first kappa shape index (κ1) is 18.8. The van der Waals surface area contributed by atoms with Gasteiger partial charge in [0.25, 0.3) is 5.91 Å². The minimum Gasteiger partial charge on any atom is -0.381 e. The first-order chi connectivity index (χ1) is 13.7. The number of benzene rings is 1. The molecular weight excluding hydrogens is 379 g/mol. The van der Waals surface area contributed by atoms with Crippen molar-refractivity contribution >= 4 is 17.2 Å². The van der Waals surface area contributed by atoms with Crippen molar-refractivity contribution in [2.75, 3.05) is 19.8 Å². The Labute approximate surface area is 166 Å². The third kappa shape index (κ3) is 4.63. The third-order valence-electron chi connectivity index (χ3n) is 4.42. The second-order valence-corrected chi connectivity index (χ2v) is 7.70. The lowest BCUT2D eigenvalue weighted by Gasteiger charge is -2.04. The molecule has 8 heteroatoms. The summed E-state index contributed by atoms with van der Waals surface area (Å²) in [7, 11) is 0. The van der Waals surface area contributed by atoms with Crippen LogP contribution < -0.4 is 5.32 Å². The average Bonchev–Trinajstić information content (AvgIpc) is 3.18. The average molecular weight is 400 g/mol. The van der Waals surface area contributed by atoms with Crippen LogP contribution in [-0.2, 0) is 4.74 Å². The molecule has 28 heavy (non-hydrogen) atoms. The Balaban J connectivity index is 1.43. The molecule has 1 aliphatic rings. The van der Waals surface area contributed by atoms with Gasteiger partial charge in [0.1, 0.15) is 5.82 Å². The molecule has 0 atom stereocenters. The normalized spacial score (nSPS) is 13.6. The van der Waals surface area contributed by atoms with Crippen LogP contribution in [0.25, 0.3) is 16.4 Å². The largest absolute Gasteiger partial charge is 0.381 e. The zero-order valence-electron chi connectivity index (χ0n) is 15.3. The van der Waals surface area contributed by atoms with Crippen molar-refractivity contribution in [1.29, 1.82) is 0 Å². The molecule has 3 aromatic rings. The number of nitrogens with one attached hydrogen (secondary N) is 1. The van der Waals surface area contributed by atoms with Gasteiger partial charge in [-0.05, 0) is 60.9 Å². The SMILES string of the molecule is O=C(NCCCOCC1CC1)c1nc(-c2cccs2)n(-c2ccc(F)cc2)n1. The summed E-state index contributed by atoms with van der Waals surface area (Å²) in [5.74, 6) is 0.723. The number of ether oxygens (including phenoxy) is 1. The predicted molar refractivity (Wildman–Crippen MR) is 105 cm³/mol. The van der Waals surface area contributed by atoms with Crippen LogP contribution in [0.15, 0.2) is 41.8 Å². The first-order valence-corrected chi connectivity index (χ1v) is 10.2. The van der Waals surface area contributed by atoms with Gasteiger partial charge in [-0.3, -0.25) is 4.79 Å². The Hall–Kier alpha value is -2.58. The third-order valence-corrected chi connectivity index (χ3v) is 5.29. The highest BCUT2D eigenvalue weighted by molar-refractivity contribution is 7.13. The van der Waals surface area contributed by atoms with Crippen LogP contribution in [0.3, 0.4) is 0 Å². The number of hydrogen-bond acceptors (Lipinski definition) is 5. The van der Waals surface area contributed by atoms with Crippen molar-refractivity contribution in [3.8, 4) is 16.4 Å². The number of amides is 1. The van der Waals surface area contributed by atoms with Crippen molar-refractivity contribution in [3.05, 3.63) is 53.4 Å². The maximum atomic E-state index is 13.3. The molecule has 1 amide bonds. The number of carbonyl (C=O) groups is 1. The van der Waals surface area contributed by atoms with Crippen LogP contribution in [0, 0.1) is 11.7 Å². The molecule has 0 spiro atoms. The summed E-state index contributed by atoms with van der Waals surface area (Å²) in [4.78, 5) is 17.8. The van der Waals surface area contributed by atoms with E-state index in [4.69, 9.17) is 4.74 Å². The van der Waals surface area contributed by atoms with Crippen molar-refractivity contribution in [3.63, 3.8) is 0 Å². The minimum atomic E-state index is -0.333. The molecule has 1 N–H and O–H groups in total. The van der Waals surface area contributed by atoms with Gasteiger partial charge in [0.15, 0.2) is 5.82 Å². The Kier molecular flexibility index (Phi) is 5.78. The molecule has 0 radical (unpaired) electrons. The molecule has 0 unspecified atom stereocenters. The highest BCUT2D eigenvalue weighted by atomic mass is 32.1. The van der Waals surface area contributed by atoms with Crippen LogP contribution >= 0.6 is 11.3 Å². The highest BCUT2D eigenvalue weighted by Crippen LogP contribution is 2.28. The van der Waals surface area contributed by atoms with Gasteiger partial charge in [0.2, 0.25) is 5.82 Å². The van der Waals surface area contributed by atoms with Crippen molar-refractivity contribution in [2.45, 2.75) is 19.3 Å². The summed E-state index contributed by atoms with van der Waals surface area (Å²) >= 11 is 1.50. The minimum absolute atomic E-state index is 0.0895. The summed E-state index contributed by atoms with van der Waals surface area (Å²) in [5, 5.41) is 9.13. The maximum Gasteiger partial charge on any atom is 0.290 e. The van der Waals surface area contributed by atoms with Crippen LogP contribution in [0.4, 0.5) is 4.39 Å². The van der Waals surface area contributed by atoms with Gasteiger partial charge < -0.3 is 10.1 Å². The Bertz CT molecular complexity index is 920. The van der Waals surface area contributed by atoms with E-state index in [0.29, 0.717) is 24.7 Å². The van der Waals surface area contributed by atoms with Gasteiger partial charge in [-0.15, -0.1) is 16.4 Å². The van der Waals surface area contributed by atoms with Crippen molar-refractivity contribution < 1.29 is 13.9 Å². The number of carbonyl (C=O) groups excluding carboxylic acids is 1. The first-order valence-electron chi connectivity index (χ1n) is 9.33. The molecule has 0 saturated heterocycles. The van der Waals surface area contributed by atoms with E-state index in [2.05, 4.69) is 15.4 Å². The van der Waals surface area contributed by atoms with E-state index in [1.807, 2.05) is 17.5 Å². The number of rotatable bonds is 9. The monoisotopic (exact) mass is 400 g/mol. The van der Waals surface area contributed by atoms with E-state index >= 15 is 0 Å². The second kappa shape index (κ2) is 8.62. The van der Waals surface area contributed by atoms with E-state index in [1.165, 1.54) is 36.3 Å². The highest BCUT2D eigenvalue weighted by Gasteiger charge is 2.21. The Morgan fingerprint density at radius 2 is 2.11 bits per heavy atom. The lowest BCUT2D eigenvalue weighted by Crippen LogP contribution is -2.26. The predicted octanol–water partition coefficient (Wildman–Crippen LogP) is 3.68. The standard InChI is InChI=1S/C20H21FN4O2S/c21-15-6-8-16(9-7-15)25-19(17-3-1-12-28-17)23-18(24-25)20(26)22-10-2-11-27-13-14-4-5-14/h1,3,6-9,12,14H,2,4-5,10-11,13H2,(H,22,26). The molecule has 146 valence electrons.